The summed E-state index contributed by atoms with van der Waals surface area (Å²) in [6.45, 7) is 7.09. The van der Waals surface area contributed by atoms with Crippen molar-refractivity contribution >= 4 is 34.8 Å². The van der Waals surface area contributed by atoms with Gasteiger partial charge in [0.15, 0.2) is 0 Å². The van der Waals surface area contributed by atoms with E-state index >= 15 is 0 Å². The average molecular weight is 420 g/mol. The molecule has 31 heavy (non-hydrogen) atoms. The molecule has 2 aromatic carbocycles. The molecular weight excluding hydrogens is 390 g/mol. The van der Waals surface area contributed by atoms with Crippen LogP contribution in [0.5, 0.6) is 0 Å². The highest BCUT2D eigenvalue weighted by Crippen LogP contribution is 2.34. The monoisotopic (exact) mass is 419 g/mol. The van der Waals surface area contributed by atoms with Crippen LogP contribution in [0.15, 0.2) is 42.5 Å². The van der Waals surface area contributed by atoms with Crippen LogP contribution in [0, 0.1) is 5.92 Å². The van der Waals surface area contributed by atoms with Crippen molar-refractivity contribution in [1.29, 1.82) is 0 Å². The minimum Gasteiger partial charge on any atom is -0.326 e. The van der Waals surface area contributed by atoms with Crippen LogP contribution >= 0.6 is 0 Å². The Balaban J connectivity index is 1.48. The number of para-hydroxylation sites is 1. The standard InChI is InChI=1S/C25H29N3O3/c1-4-23(29)27-12-11-17-13-19(9-10-22(17)27)28-15-18(14-24(28)30)25(31)26-21-8-6-5-7-20(21)16(2)3/h5-10,13,16,18H,4,11-12,14-15H2,1-3H3,(H,26,31). The molecule has 1 N–H and O–H groups in total. The normalized spacial score (nSPS) is 17.9. The topological polar surface area (TPSA) is 69.7 Å². The van der Waals surface area contributed by atoms with E-state index in [9.17, 15) is 14.4 Å². The fourth-order valence-electron chi connectivity index (χ4n) is 4.49. The summed E-state index contributed by atoms with van der Waals surface area (Å²) in [6, 6.07) is 13.6. The lowest BCUT2D eigenvalue weighted by atomic mass is 10.0. The Morgan fingerprint density at radius 3 is 2.68 bits per heavy atom. The first-order valence-electron chi connectivity index (χ1n) is 11.0. The maximum Gasteiger partial charge on any atom is 0.229 e. The molecule has 1 fully saturated rings. The number of fused-ring (bicyclic) bond motifs is 1. The van der Waals surface area contributed by atoms with Crippen LogP contribution < -0.4 is 15.1 Å². The Morgan fingerprint density at radius 2 is 1.94 bits per heavy atom. The fourth-order valence-corrected chi connectivity index (χ4v) is 4.49. The lowest BCUT2D eigenvalue weighted by molar-refractivity contribution is -0.122. The summed E-state index contributed by atoms with van der Waals surface area (Å²) in [4.78, 5) is 41.3. The van der Waals surface area contributed by atoms with Crippen molar-refractivity contribution in [3.63, 3.8) is 0 Å². The molecule has 6 heteroatoms. The molecule has 0 spiro atoms. The molecule has 2 aliphatic heterocycles. The van der Waals surface area contributed by atoms with Gasteiger partial charge in [0.1, 0.15) is 0 Å². The summed E-state index contributed by atoms with van der Waals surface area (Å²) in [5, 5.41) is 3.03. The third kappa shape index (κ3) is 4.07. The third-order valence-electron chi connectivity index (χ3n) is 6.21. The van der Waals surface area contributed by atoms with Gasteiger partial charge < -0.3 is 15.1 Å². The van der Waals surface area contributed by atoms with Crippen LogP contribution in [0.2, 0.25) is 0 Å². The van der Waals surface area contributed by atoms with Crippen molar-refractivity contribution in [2.45, 2.75) is 46.0 Å². The van der Waals surface area contributed by atoms with Crippen molar-refractivity contribution in [2.75, 3.05) is 28.2 Å². The van der Waals surface area contributed by atoms with Gasteiger partial charge in [-0.15, -0.1) is 0 Å². The van der Waals surface area contributed by atoms with E-state index < -0.39 is 0 Å². The quantitative estimate of drug-likeness (QED) is 0.793. The van der Waals surface area contributed by atoms with Crippen molar-refractivity contribution in [2.24, 2.45) is 5.92 Å². The van der Waals surface area contributed by atoms with Gasteiger partial charge in [-0.05, 0) is 47.7 Å². The van der Waals surface area contributed by atoms with E-state index in [1.165, 1.54) is 0 Å². The largest absolute Gasteiger partial charge is 0.326 e. The van der Waals surface area contributed by atoms with Gasteiger partial charge in [-0.2, -0.15) is 0 Å². The number of carbonyl (C=O) groups excluding carboxylic acids is 3. The molecule has 1 unspecified atom stereocenters. The maximum atomic E-state index is 12.9. The summed E-state index contributed by atoms with van der Waals surface area (Å²) in [7, 11) is 0. The average Bonchev–Trinajstić information content (AvgIpc) is 3.36. The van der Waals surface area contributed by atoms with E-state index in [2.05, 4.69) is 19.2 Å². The molecule has 2 aliphatic rings. The minimum absolute atomic E-state index is 0.0447. The first-order chi connectivity index (χ1) is 14.9. The molecule has 0 aliphatic carbocycles. The summed E-state index contributed by atoms with van der Waals surface area (Å²) < 4.78 is 0. The van der Waals surface area contributed by atoms with Gasteiger partial charge in [0.05, 0.1) is 5.92 Å². The molecule has 1 saturated heterocycles. The number of amides is 3. The molecule has 6 nitrogen and oxygen atoms in total. The first kappa shape index (κ1) is 21.1. The number of benzene rings is 2. The van der Waals surface area contributed by atoms with E-state index in [1.54, 1.807) is 4.90 Å². The number of carbonyl (C=O) groups is 3. The smallest absolute Gasteiger partial charge is 0.229 e. The van der Waals surface area contributed by atoms with Gasteiger partial charge in [-0.3, -0.25) is 14.4 Å². The lowest BCUT2D eigenvalue weighted by Gasteiger charge is -2.20. The first-order valence-corrected chi connectivity index (χ1v) is 11.0. The Kier molecular flexibility index (Phi) is 5.81. The van der Waals surface area contributed by atoms with E-state index in [1.807, 2.05) is 54.3 Å². The maximum absolute atomic E-state index is 12.9. The van der Waals surface area contributed by atoms with Gasteiger partial charge in [0.25, 0.3) is 0 Å². The second-order valence-corrected chi connectivity index (χ2v) is 8.60. The van der Waals surface area contributed by atoms with Gasteiger partial charge in [0, 0.05) is 43.0 Å². The Morgan fingerprint density at radius 1 is 1.16 bits per heavy atom. The number of nitrogens with zero attached hydrogens (tertiary/aromatic N) is 2. The number of nitrogens with one attached hydrogen (secondary N) is 1. The zero-order chi connectivity index (χ0) is 22.1. The van der Waals surface area contributed by atoms with Crippen LogP contribution in [0.3, 0.4) is 0 Å². The molecule has 0 radical (unpaired) electrons. The highest BCUT2D eigenvalue weighted by atomic mass is 16.2. The fraction of sp³-hybridized carbons (Fsp3) is 0.400. The minimum atomic E-state index is -0.390. The van der Waals surface area contributed by atoms with Crippen LogP contribution in [0.4, 0.5) is 17.1 Å². The van der Waals surface area contributed by atoms with Crippen molar-refractivity contribution in [3.05, 3.63) is 53.6 Å². The summed E-state index contributed by atoms with van der Waals surface area (Å²) in [5.41, 5.74) is 4.70. The van der Waals surface area contributed by atoms with Gasteiger partial charge in [-0.25, -0.2) is 0 Å². The van der Waals surface area contributed by atoms with Crippen molar-refractivity contribution in [1.82, 2.24) is 0 Å². The number of hydrogen-bond acceptors (Lipinski definition) is 3. The molecule has 2 aromatic rings. The zero-order valence-corrected chi connectivity index (χ0v) is 18.4. The Hall–Kier alpha value is -3.15. The van der Waals surface area contributed by atoms with Crippen molar-refractivity contribution in [3.8, 4) is 0 Å². The van der Waals surface area contributed by atoms with Crippen molar-refractivity contribution < 1.29 is 14.4 Å². The summed E-state index contributed by atoms with van der Waals surface area (Å²) >= 11 is 0. The molecule has 0 aromatic heterocycles. The highest BCUT2D eigenvalue weighted by molar-refractivity contribution is 6.04. The number of rotatable bonds is 5. The molecule has 162 valence electrons. The SMILES string of the molecule is CCC(=O)N1CCc2cc(N3CC(C(=O)Nc4ccccc4C(C)C)CC3=O)ccc21. The summed E-state index contributed by atoms with van der Waals surface area (Å²) in [6.07, 6.45) is 1.46. The van der Waals surface area contributed by atoms with E-state index in [4.69, 9.17) is 0 Å². The Bertz CT molecular complexity index is 1030. The van der Waals surface area contributed by atoms with Crippen LogP contribution in [-0.4, -0.2) is 30.8 Å². The molecule has 1 atom stereocenters. The van der Waals surface area contributed by atoms with Crippen LogP contribution in [0.1, 0.15) is 50.7 Å². The predicted molar refractivity (Wildman–Crippen MR) is 122 cm³/mol. The molecule has 0 saturated carbocycles. The van der Waals surface area contributed by atoms with Crippen LogP contribution in [-0.2, 0) is 20.8 Å². The second kappa shape index (κ2) is 8.53. The molecule has 0 bridgehead atoms. The zero-order valence-electron chi connectivity index (χ0n) is 18.4. The number of hydrogen-bond donors (Lipinski definition) is 1. The van der Waals surface area contributed by atoms with Crippen LogP contribution in [0.25, 0.3) is 0 Å². The van der Waals surface area contributed by atoms with E-state index in [0.717, 1.165) is 34.6 Å². The third-order valence-corrected chi connectivity index (χ3v) is 6.21. The lowest BCUT2D eigenvalue weighted by Crippen LogP contribution is -2.29. The highest BCUT2D eigenvalue weighted by Gasteiger charge is 2.36. The van der Waals surface area contributed by atoms with Gasteiger partial charge in [-0.1, -0.05) is 39.0 Å². The second-order valence-electron chi connectivity index (χ2n) is 8.60. The molecule has 3 amide bonds. The van der Waals surface area contributed by atoms with E-state index in [0.29, 0.717) is 25.4 Å². The predicted octanol–water partition coefficient (Wildman–Crippen LogP) is 4.10. The van der Waals surface area contributed by atoms with E-state index in [-0.39, 0.29) is 30.1 Å². The number of anilines is 3. The van der Waals surface area contributed by atoms with Gasteiger partial charge >= 0.3 is 0 Å². The van der Waals surface area contributed by atoms with Gasteiger partial charge in [0.2, 0.25) is 17.7 Å². The molecular formula is C25H29N3O3. The molecule has 4 rings (SSSR count). The molecule has 2 heterocycles. The Labute approximate surface area is 183 Å². The summed E-state index contributed by atoms with van der Waals surface area (Å²) in [5.74, 6) is -0.147.